The van der Waals surface area contributed by atoms with Gasteiger partial charge in [0.2, 0.25) is 0 Å². The molecule has 0 bridgehead atoms. The summed E-state index contributed by atoms with van der Waals surface area (Å²) in [7, 11) is 0. The van der Waals surface area contributed by atoms with Crippen LogP contribution in [0.15, 0.2) is 18.6 Å². The zero-order valence-corrected chi connectivity index (χ0v) is 10.3. The van der Waals surface area contributed by atoms with Crippen LogP contribution in [0.1, 0.15) is 44.0 Å². The van der Waals surface area contributed by atoms with Crippen molar-refractivity contribution in [2.75, 3.05) is 0 Å². The van der Waals surface area contributed by atoms with Gasteiger partial charge < -0.3 is 0 Å². The highest BCUT2D eigenvalue weighted by Crippen LogP contribution is 2.14. The van der Waals surface area contributed by atoms with Crippen LogP contribution in [0.25, 0.3) is 0 Å². The van der Waals surface area contributed by atoms with E-state index < -0.39 is 0 Å². The van der Waals surface area contributed by atoms with Gasteiger partial charge >= 0.3 is 0 Å². The highest BCUT2D eigenvalue weighted by Gasteiger charge is 2.11. The third kappa shape index (κ3) is 1.75. The molecule has 4 heteroatoms. The SMILES string of the molecule is CCc1nc(C)cn1-n1ccnc1C(C)C. The molecule has 2 aromatic rings. The average molecular weight is 218 g/mol. The first-order valence-corrected chi connectivity index (χ1v) is 5.72. The molecule has 0 saturated heterocycles. The predicted molar refractivity (Wildman–Crippen MR) is 63.5 cm³/mol. The van der Waals surface area contributed by atoms with Gasteiger partial charge in [-0.2, -0.15) is 0 Å². The molecule has 2 heterocycles. The third-order valence-electron chi connectivity index (χ3n) is 2.59. The Hall–Kier alpha value is -1.58. The van der Waals surface area contributed by atoms with Crippen molar-refractivity contribution in [3.05, 3.63) is 35.9 Å². The first-order chi connectivity index (χ1) is 7.63. The van der Waals surface area contributed by atoms with Crippen molar-refractivity contribution in [2.24, 2.45) is 0 Å². The number of hydrogen-bond acceptors (Lipinski definition) is 2. The van der Waals surface area contributed by atoms with Crippen molar-refractivity contribution < 1.29 is 0 Å². The fourth-order valence-corrected chi connectivity index (χ4v) is 1.87. The smallest absolute Gasteiger partial charge is 0.130 e. The maximum Gasteiger partial charge on any atom is 0.130 e. The first kappa shape index (κ1) is 10.9. The summed E-state index contributed by atoms with van der Waals surface area (Å²) in [5.41, 5.74) is 1.04. The normalized spacial score (nSPS) is 11.3. The van der Waals surface area contributed by atoms with Gasteiger partial charge in [0.25, 0.3) is 0 Å². The average Bonchev–Trinajstić information content (AvgIpc) is 2.82. The van der Waals surface area contributed by atoms with Gasteiger partial charge in [-0.25, -0.2) is 19.3 Å². The van der Waals surface area contributed by atoms with Crippen LogP contribution in [0, 0.1) is 6.92 Å². The molecule has 0 saturated carbocycles. The summed E-state index contributed by atoms with van der Waals surface area (Å²) in [4.78, 5) is 8.89. The van der Waals surface area contributed by atoms with Crippen molar-refractivity contribution >= 4 is 0 Å². The Kier molecular flexibility index (Phi) is 2.81. The van der Waals surface area contributed by atoms with E-state index in [0.29, 0.717) is 5.92 Å². The Morgan fingerprint density at radius 2 is 2.06 bits per heavy atom. The zero-order valence-electron chi connectivity index (χ0n) is 10.3. The Morgan fingerprint density at radius 3 is 2.69 bits per heavy atom. The molecule has 0 N–H and O–H groups in total. The molecule has 2 aromatic heterocycles. The lowest BCUT2D eigenvalue weighted by Gasteiger charge is -2.13. The summed E-state index contributed by atoms with van der Waals surface area (Å²) >= 11 is 0. The zero-order chi connectivity index (χ0) is 11.7. The molecule has 16 heavy (non-hydrogen) atoms. The minimum atomic E-state index is 0.405. The minimum absolute atomic E-state index is 0.405. The lowest BCUT2D eigenvalue weighted by Crippen LogP contribution is -2.15. The first-order valence-electron chi connectivity index (χ1n) is 5.72. The summed E-state index contributed by atoms with van der Waals surface area (Å²) in [6.45, 7) is 8.42. The fourth-order valence-electron chi connectivity index (χ4n) is 1.87. The van der Waals surface area contributed by atoms with Gasteiger partial charge in [0.1, 0.15) is 11.6 Å². The summed E-state index contributed by atoms with van der Waals surface area (Å²) in [5, 5.41) is 0. The highest BCUT2D eigenvalue weighted by molar-refractivity contribution is 5.07. The molecule has 0 radical (unpaired) electrons. The Labute approximate surface area is 95.9 Å². The van der Waals surface area contributed by atoms with Crippen molar-refractivity contribution in [2.45, 2.75) is 40.0 Å². The molecule has 2 rings (SSSR count). The summed E-state index contributed by atoms with van der Waals surface area (Å²) < 4.78 is 4.15. The van der Waals surface area contributed by atoms with E-state index in [-0.39, 0.29) is 0 Å². The van der Waals surface area contributed by atoms with Crippen LogP contribution in [0.5, 0.6) is 0 Å². The van der Waals surface area contributed by atoms with E-state index in [1.54, 1.807) is 0 Å². The molecule has 86 valence electrons. The molecular weight excluding hydrogens is 200 g/mol. The van der Waals surface area contributed by atoms with E-state index in [1.165, 1.54) is 0 Å². The quantitative estimate of drug-likeness (QED) is 0.793. The van der Waals surface area contributed by atoms with Gasteiger partial charge in [0.05, 0.1) is 11.9 Å². The molecule has 4 nitrogen and oxygen atoms in total. The molecule has 0 fully saturated rings. The molecule has 0 aliphatic rings. The highest BCUT2D eigenvalue weighted by atomic mass is 15.5. The predicted octanol–water partition coefficient (Wildman–Crippen LogP) is 2.39. The number of nitrogens with zero attached hydrogens (tertiary/aromatic N) is 4. The second-order valence-corrected chi connectivity index (χ2v) is 4.28. The van der Waals surface area contributed by atoms with Crippen LogP contribution in [0.3, 0.4) is 0 Å². The maximum atomic E-state index is 4.50. The number of aryl methyl sites for hydroxylation is 2. The molecule has 0 unspecified atom stereocenters. The number of aromatic nitrogens is 4. The third-order valence-corrected chi connectivity index (χ3v) is 2.59. The van der Waals surface area contributed by atoms with Crippen LogP contribution in [-0.4, -0.2) is 19.3 Å². The second kappa shape index (κ2) is 4.12. The Bertz CT molecular complexity index is 479. The van der Waals surface area contributed by atoms with Gasteiger partial charge in [0.15, 0.2) is 0 Å². The van der Waals surface area contributed by atoms with Gasteiger partial charge in [0, 0.05) is 24.7 Å². The van der Waals surface area contributed by atoms with Crippen LogP contribution in [-0.2, 0) is 6.42 Å². The van der Waals surface area contributed by atoms with Crippen molar-refractivity contribution in [1.82, 2.24) is 19.3 Å². The molecule has 0 aliphatic carbocycles. The van der Waals surface area contributed by atoms with Crippen LogP contribution in [0.4, 0.5) is 0 Å². The van der Waals surface area contributed by atoms with Crippen LogP contribution in [0.2, 0.25) is 0 Å². The number of rotatable bonds is 3. The van der Waals surface area contributed by atoms with E-state index in [2.05, 4.69) is 40.1 Å². The Morgan fingerprint density at radius 1 is 1.31 bits per heavy atom. The summed E-state index contributed by atoms with van der Waals surface area (Å²) in [6.07, 6.45) is 6.79. The second-order valence-electron chi connectivity index (χ2n) is 4.28. The molecule has 0 spiro atoms. The van der Waals surface area contributed by atoms with E-state index in [4.69, 9.17) is 0 Å². The summed E-state index contributed by atoms with van der Waals surface area (Å²) in [6, 6.07) is 0. The van der Waals surface area contributed by atoms with Gasteiger partial charge in [-0.3, -0.25) is 0 Å². The van der Waals surface area contributed by atoms with Crippen LogP contribution < -0.4 is 0 Å². The summed E-state index contributed by atoms with van der Waals surface area (Å²) in [5.74, 6) is 2.53. The van der Waals surface area contributed by atoms with Gasteiger partial charge in [-0.1, -0.05) is 20.8 Å². The number of imidazole rings is 2. The fraction of sp³-hybridized carbons (Fsp3) is 0.500. The molecule has 0 atom stereocenters. The topological polar surface area (TPSA) is 35.6 Å². The van der Waals surface area contributed by atoms with Crippen molar-refractivity contribution in [3.63, 3.8) is 0 Å². The standard InChI is InChI=1S/C12H18N4/c1-5-11-14-10(4)8-16(11)15-7-6-13-12(15)9(2)3/h6-9H,5H2,1-4H3. The van der Waals surface area contributed by atoms with Crippen molar-refractivity contribution in [3.8, 4) is 0 Å². The molecule has 0 aliphatic heterocycles. The Balaban J connectivity index is 2.53. The number of hydrogen-bond donors (Lipinski definition) is 0. The lowest BCUT2D eigenvalue weighted by atomic mass is 10.2. The van der Waals surface area contributed by atoms with Crippen molar-refractivity contribution in [1.29, 1.82) is 0 Å². The largest absolute Gasteiger partial charge is 0.240 e. The van der Waals surface area contributed by atoms with E-state index in [9.17, 15) is 0 Å². The van der Waals surface area contributed by atoms with E-state index >= 15 is 0 Å². The molecular formula is C12H18N4. The monoisotopic (exact) mass is 218 g/mol. The van der Waals surface area contributed by atoms with E-state index in [0.717, 1.165) is 23.8 Å². The van der Waals surface area contributed by atoms with Crippen LogP contribution >= 0.6 is 0 Å². The maximum absolute atomic E-state index is 4.50. The van der Waals surface area contributed by atoms with Gasteiger partial charge in [-0.05, 0) is 6.92 Å². The lowest BCUT2D eigenvalue weighted by molar-refractivity contribution is 0.563. The molecule has 0 aromatic carbocycles. The van der Waals surface area contributed by atoms with Gasteiger partial charge in [-0.15, -0.1) is 0 Å². The molecule has 0 amide bonds. The minimum Gasteiger partial charge on any atom is -0.240 e. The van der Waals surface area contributed by atoms with E-state index in [1.807, 2.05) is 25.5 Å².